The fourth-order valence-corrected chi connectivity index (χ4v) is 6.01. The number of nitrogens with one attached hydrogen (secondary N) is 2. The molecule has 0 aliphatic heterocycles. The van der Waals surface area contributed by atoms with E-state index in [0.717, 1.165) is 6.42 Å². The van der Waals surface area contributed by atoms with E-state index in [1.807, 2.05) is 25.5 Å². The van der Waals surface area contributed by atoms with Gasteiger partial charge in [0.25, 0.3) is 0 Å². The number of hydrogen-bond donors (Lipinski definition) is 3. The molecule has 16 heteroatoms. The summed E-state index contributed by atoms with van der Waals surface area (Å²) in [6, 6.07) is -4.55. The maximum absolute atomic E-state index is 13.9. The molecule has 0 bridgehead atoms. The number of unbranched alkanes of at least 4 members (excludes halogenated alkanes) is 2. The van der Waals surface area contributed by atoms with Crippen LogP contribution in [-0.2, 0) is 36.3 Å². The zero-order valence-electron chi connectivity index (χ0n) is 29.0. The van der Waals surface area contributed by atoms with E-state index in [2.05, 4.69) is 4.72 Å². The molecule has 46 heavy (non-hydrogen) atoms. The lowest BCUT2D eigenvalue weighted by molar-refractivity contribution is -0.197. The molecule has 0 amide bonds. The molecular formula is C30H56F6N2O6S2. The smallest absolute Gasteiger partial charge is 0.405 e. The fourth-order valence-electron chi connectivity index (χ4n) is 4.20. The highest BCUT2D eigenvalue weighted by Crippen LogP contribution is 2.43. The Kier molecular flexibility index (Phi) is 20.0. The summed E-state index contributed by atoms with van der Waals surface area (Å²) in [5.41, 5.74) is -1.81. The lowest BCUT2D eigenvalue weighted by Gasteiger charge is -2.40. The van der Waals surface area contributed by atoms with Gasteiger partial charge in [0.2, 0.25) is 0 Å². The second kappa shape index (κ2) is 19.7. The number of ether oxygens (including phenoxy) is 1. The van der Waals surface area contributed by atoms with Crippen molar-refractivity contribution in [2.24, 2.45) is 17.3 Å². The van der Waals surface area contributed by atoms with Gasteiger partial charge in [0.1, 0.15) is 12.1 Å². The van der Waals surface area contributed by atoms with E-state index in [0.29, 0.717) is 19.3 Å². The van der Waals surface area contributed by atoms with Crippen molar-refractivity contribution in [2.75, 3.05) is 6.61 Å². The summed E-state index contributed by atoms with van der Waals surface area (Å²) in [6.45, 7) is 18.1. The third-order valence-corrected chi connectivity index (χ3v) is 10.3. The van der Waals surface area contributed by atoms with Gasteiger partial charge in [0.05, 0.1) is 49.4 Å². The van der Waals surface area contributed by atoms with E-state index >= 15 is 0 Å². The highest BCUT2D eigenvalue weighted by molar-refractivity contribution is 7.84. The summed E-state index contributed by atoms with van der Waals surface area (Å²) in [5, 5.41) is 9.08. The number of carbonyl (C=O) groups is 2. The molecule has 0 rings (SSSR count). The van der Waals surface area contributed by atoms with Crippen LogP contribution in [0.2, 0.25) is 0 Å². The van der Waals surface area contributed by atoms with Gasteiger partial charge < -0.3 is 9.84 Å². The number of esters is 1. The summed E-state index contributed by atoms with van der Waals surface area (Å²) >= 11 is 0. The van der Waals surface area contributed by atoms with Gasteiger partial charge in [-0.25, -0.2) is 17.9 Å². The molecule has 0 aliphatic rings. The molecule has 6 atom stereocenters. The normalized spacial score (nSPS) is 17.6. The van der Waals surface area contributed by atoms with Crippen LogP contribution in [-0.4, -0.2) is 66.0 Å². The summed E-state index contributed by atoms with van der Waals surface area (Å²) in [6.07, 6.45) is -7.37. The van der Waals surface area contributed by atoms with Crippen LogP contribution in [0.1, 0.15) is 121 Å². The first-order valence-electron chi connectivity index (χ1n) is 15.5. The van der Waals surface area contributed by atoms with Gasteiger partial charge in [-0.1, -0.05) is 47.0 Å². The SMILES string of the molecule is CCCCC[C@@H](C(=O)O)[C@@H](N[S@](=O)C(C)(C)C)C(F)(F)F.CCOC(=O)[C@](CC)(CCC(C)C)[C@@H](N[S@](=O)C(C)(C)C)C(F)(F)F. The Balaban J connectivity index is 0. The molecule has 0 aliphatic carbocycles. The van der Waals surface area contributed by atoms with Gasteiger partial charge in [-0.05, 0) is 80.1 Å². The van der Waals surface area contributed by atoms with E-state index in [1.165, 1.54) is 27.7 Å². The van der Waals surface area contributed by atoms with Gasteiger partial charge >= 0.3 is 24.3 Å². The van der Waals surface area contributed by atoms with Crippen LogP contribution in [0.3, 0.4) is 0 Å². The molecule has 0 heterocycles. The maximum Gasteiger partial charge on any atom is 0.405 e. The van der Waals surface area contributed by atoms with Crippen molar-refractivity contribution in [1.82, 2.24) is 9.44 Å². The van der Waals surface area contributed by atoms with E-state index in [4.69, 9.17) is 9.84 Å². The number of carboxylic acids is 1. The van der Waals surface area contributed by atoms with Gasteiger partial charge in [-0.15, -0.1) is 0 Å². The van der Waals surface area contributed by atoms with Crippen LogP contribution in [0.4, 0.5) is 26.3 Å². The lowest BCUT2D eigenvalue weighted by Crippen LogP contribution is -2.60. The van der Waals surface area contributed by atoms with Crippen LogP contribution >= 0.6 is 0 Å². The van der Waals surface area contributed by atoms with E-state index in [9.17, 15) is 44.3 Å². The summed E-state index contributed by atoms with van der Waals surface area (Å²) < 4.78 is 113. The minimum atomic E-state index is -4.77. The van der Waals surface area contributed by atoms with E-state index < -0.39 is 79.2 Å². The molecule has 0 aromatic carbocycles. The van der Waals surface area contributed by atoms with Gasteiger partial charge in [-0.2, -0.15) is 26.3 Å². The highest BCUT2D eigenvalue weighted by Gasteiger charge is 2.58. The Morgan fingerprint density at radius 1 is 0.783 bits per heavy atom. The van der Waals surface area contributed by atoms with Crippen molar-refractivity contribution in [3.63, 3.8) is 0 Å². The number of carbonyl (C=O) groups excluding carboxylic acids is 1. The molecular weight excluding hydrogens is 662 g/mol. The average Bonchev–Trinajstić information content (AvgIpc) is 2.87. The lowest BCUT2D eigenvalue weighted by atomic mass is 9.73. The van der Waals surface area contributed by atoms with Crippen molar-refractivity contribution in [2.45, 2.75) is 155 Å². The van der Waals surface area contributed by atoms with Crippen molar-refractivity contribution in [3.05, 3.63) is 0 Å². The van der Waals surface area contributed by atoms with Gasteiger partial charge in [-0.3, -0.25) is 9.59 Å². The molecule has 8 nitrogen and oxygen atoms in total. The Hall–Kier alpha value is -1.26. The first kappa shape index (κ1) is 46.9. The fraction of sp³-hybridized carbons (Fsp3) is 0.933. The molecule has 0 unspecified atom stereocenters. The first-order chi connectivity index (χ1) is 20.6. The Bertz CT molecular complexity index is 981. The number of hydrogen-bond acceptors (Lipinski definition) is 5. The number of carboxylic acid groups (broad SMARTS) is 1. The van der Waals surface area contributed by atoms with Crippen LogP contribution < -0.4 is 9.44 Å². The molecule has 0 aromatic rings. The molecule has 0 saturated heterocycles. The van der Waals surface area contributed by atoms with Crippen LogP contribution in [0.15, 0.2) is 0 Å². The van der Waals surface area contributed by atoms with Crippen molar-refractivity contribution in [3.8, 4) is 0 Å². The number of alkyl halides is 6. The standard InChI is InChI=1S/C17H32F3NO3S.C13H24F3NO3S/c1-8-16(11-10-12(3)4,14(22)24-9-2)13(17(18,19)20)21-25(23)15(5,6)7;1-5-6-7-8-9(11(18)19)10(13(14,15)16)17-21(20)12(2,3)4/h12-13,21H,8-11H2,1-7H3;9-10,17H,5-8H2,1-4H3,(H,18,19)/t13-,16-,25-;9-,10-,21-/m11/s1. The molecule has 0 saturated carbocycles. The second-order valence-electron chi connectivity index (χ2n) is 13.6. The Morgan fingerprint density at radius 3 is 1.59 bits per heavy atom. The first-order valence-corrected chi connectivity index (χ1v) is 17.8. The Labute approximate surface area is 276 Å². The minimum absolute atomic E-state index is 0.00476. The number of rotatable bonds is 17. The zero-order valence-corrected chi connectivity index (χ0v) is 30.7. The third-order valence-electron chi connectivity index (χ3n) is 7.12. The number of halogens is 6. The van der Waals surface area contributed by atoms with Gasteiger partial charge in [0.15, 0.2) is 0 Å². The minimum Gasteiger partial charge on any atom is -0.481 e. The molecule has 0 aromatic heterocycles. The quantitative estimate of drug-likeness (QED) is 0.0809. The van der Waals surface area contributed by atoms with Crippen LogP contribution in [0.25, 0.3) is 0 Å². The maximum atomic E-state index is 13.9. The van der Waals surface area contributed by atoms with E-state index in [1.54, 1.807) is 27.7 Å². The molecule has 0 spiro atoms. The predicted octanol–water partition coefficient (Wildman–Crippen LogP) is 7.62. The molecule has 0 radical (unpaired) electrons. The largest absolute Gasteiger partial charge is 0.481 e. The number of aliphatic carboxylic acids is 1. The van der Waals surface area contributed by atoms with E-state index in [-0.39, 0.29) is 31.8 Å². The van der Waals surface area contributed by atoms with Crippen LogP contribution in [0.5, 0.6) is 0 Å². The second-order valence-corrected chi connectivity index (χ2v) is 17.6. The monoisotopic (exact) mass is 718 g/mol. The average molecular weight is 719 g/mol. The van der Waals surface area contributed by atoms with Gasteiger partial charge in [0, 0.05) is 0 Å². The highest BCUT2D eigenvalue weighted by atomic mass is 32.2. The molecule has 0 fully saturated rings. The zero-order chi connectivity index (χ0) is 36.9. The molecule has 276 valence electrons. The summed E-state index contributed by atoms with van der Waals surface area (Å²) in [7, 11) is -3.97. The van der Waals surface area contributed by atoms with Crippen molar-refractivity contribution in [1.29, 1.82) is 0 Å². The molecule has 3 N–H and O–H groups in total. The van der Waals surface area contributed by atoms with Crippen LogP contribution in [0, 0.1) is 17.3 Å². The predicted molar refractivity (Wildman–Crippen MR) is 170 cm³/mol. The van der Waals surface area contributed by atoms with Crippen molar-refractivity contribution < 1.29 is 54.2 Å². The topological polar surface area (TPSA) is 122 Å². The third kappa shape index (κ3) is 16.2. The summed E-state index contributed by atoms with van der Waals surface area (Å²) in [4.78, 5) is 23.7. The Morgan fingerprint density at radius 2 is 1.26 bits per heavy atom. The van der Waals surface area contributed by atoms with Crippen molar-refractivity contribution >= 4 is 33.9 Å². The summed E-state index contributed by atoms with van der Waals surface area (Å²) in [5.74, 6) is -3.92.